The number of carbonyl (C=O) groups is 2. The molecule has 1 unspecified atom stereocenters. The minimum Gasteiger partial charge on any atom is -0.340 e. The largest absolute Gasteiger partial charge is 0.340 e. The van der Waals surface area contributed by atoms with Gasteiger partial charge in [0.05, 0.1) is 17.0 Å². The molecule has 3 rings (SSSR count). The van der Waals surface area contributed by atoms with Crippen molar-refractivity contribution in [2.45, 2.75) is 64.6 Å². The molecule has 0 aromatic heterocycles. The lowest BCUT2D eigenvalue weighted by molar-refractivity contribution is -0.133. The Hall–Kier alpha value is -2.69. The van der Waals surface area contributed by atoms with Crippen LogP contribution in [0.25, 0.3) is 0 Å². The number of carbonyl (C=O) groups excluding carboxylic acids is 2. The van der Waals surface area contributed by atoms with E-state index in [0.29, 0.717) is 30.6 Å². The second-order valence-electron chi connectivity index (χ2n) is 10.2. The highest BCUT2D eigenvalue weighted by atomic mass is 32.2. The van der Waals surface area contributed by atoms with E-state index in [1.54, 1.807) is 30.9 Å². The summed E-state index contributed by atoms with van der Waals surface area (Å²) in [6, 6.07) is 15.0. The summed E-state index contributed by atoms with van der Waals surface area (Å²) in [6.07, 6.45) is 0. The summed E-state index contributed by atoms with van der Waals surface area (Å²) in [5.74, 6) is -0.245. The number of amides is 2. The van der Waals surface area contributed by atoms with Crippen molar-refractivity contribution in [1.29, 1.82) is 0 Å². The maximum Gasteiger partial charge on any atom is 0.251 e. The number of rotatable bonds is 10. The lowest BCUT2D eigenvalue weighted by atomic mass is 9.98. The van der Waals surface area contributed by atoms with E-state index < -0.39 is 27.5 Å². The molecule has 0 bridgehead atoms. The standard InChI is InChI=1S/C28H38N4O4S2/c1-7-31(8-2)38(35,36)23-16-12-15-22(17-23)25(33)30-24(20(3)4)26(34)32-27(37-19-28(32,5)6)29-18-21-13-10-9-11-14-21/h9-17,20,24H,7-8,18-19H2,1-6H3,(H,30,33). The van der Waals surface area contributed by atoms with Crippen molar-refractivity contribution in [2.24, 2.45) is 10.9 Å². The molecule has 1 aliphatic rings. The average molecular weight is 559 g/mol. The zero-order valence-corrected chi connectivity index (χ0v) is 24.6. The Balaban J connectivity index is 1.85. The predicted octanol–water partition coefficient (Wildman–Crippen LogP) is 4.38. The van der Waals surface area contributed by atoms with Crippen LogP contribution in [-0.2, 0) is 21.4 Å². The van der Waals surface area contributed by atoms with Crippen LogP contribution in [0.4, 0.5) is 0 Å². The lowest BCUT2D eigenvalue weighted by Gasteiger charge is -2.35. The van der Waals surface area contributed by atoms with Crippen LogP contribution in [-0.4, -0.2) is 65.0 Å². The number of sulfonamides is 1. The normalized spacial score (nSPS) is 17.3. The van der Waals surface area contributed by atoms with Gasteiger partial charge in [-0.1, -0.05) is 75.9 Å². The molecule has 1 fully saturated rings. The highest BCUT2D eigenvalue weighted by Gasteiger charge is 2.44. The van der Waals surface area contributed by atoms with Gasteiger partial charge in [0.2, 0.25) is 10.0 Å². The van der Waals surface area contributed by atoms with Crippen LogP contribution in [0.2, 0.25) is 0 Å². The molecule has 206 valence electrons. The smallest absolute Gasteiger partial charge is 0.251 e. The zero-order chi connectivity index (χ0) is 28.1. The number of amidine groups is 1. The van der Waals surface area contributed by atoms with Crippen LogP contribution in [0, 0.1) is 5.92 Å². The average Bonchev–Trinajstić information content (AvgIpc) is 3.20. The molecular formula is C28H38N4O4S2. The van der Waals surface area contributed by atoms with Gasteiger partial charge in [0, 0.05) is 24.4 Å². The molecule has 0 radical (unpaired) electrons. The molecule has 1 N–H and O–H groups in total. The van der Waals surface area contributed by atoms with E-state index in [2.05, 4.69) is 5.32 Å². The third kappa shape index (κ3) is 6.65. The third-order valence-electron chi connectivity index (χ3n) is 6.47. The van der Waals surface area contributed by atoms with Crippen LogP contribution in [0.3, 0.4) is 0 Å². The van der Waals surface area contributed by atoms with E-state index >= 15 is 0 Å². The van der Waals surface area contributed by atoms with Crippen LogP contribution in [0.1, 0.15) is 57.5 Å². The van der Waals surface area contributed by atoms with Crippen molar-refractivity contribution in [1.82, 2.24) is 14.5 Å². The van der Waals surface area contributed by atoms with Gasteiger partial charge >= 0.3 is 0 Å². The SMILES string of the molecule is CCN(CC)S(=O)(=O)c1cccc(C(=O)NC(C(=O)N2C(=NCc3ccccc3)SCC2(C)C)C(C)C)c1. The molecule has 8 nitrogen and oxygen atoms in total. The van der Waals surface area contributed by atoms with Gasteiger partial charge in [-0.2, -0.15) is 4.31 Å². The van der Waals surface area contributed by atoms with Crippen LogP contribution in [0.5, 0.6) is 0 Å². The second kappa shape index (κ2) is 12.4. The van der Waals surface area contributed by atoms with Crippen molar-refractivity contribution in [2.75, 3.05) is 18.8 Å². The number of hydrogen-bond acceptors (Lipinski definition) is 6. The van der Waals surface area contributed by atoms with Gasteiger partial charge in [0.25, 0.3) is 11.8 Å². The molecule has 0 saturated carbocycles. The molecule has 2 aromatic rings. The molecule has 10 heteroatoms. The van der Waals surface area contributed by atoms with E-state index in [9.17, 15) is 18.0 Å². The zero-order valence-electron chi connectivity index (χ0n) is 23.0. The predicted molar refractivity (Wildman–Crippen MR) is 154 cm³/mol. The molecule has 1 atom stereocenters. The fourth-order valence-electron chi connectivity index (χ4n) is 4.27. The fraction of sp³-hybridized carbons (Fsp3) is 0.464. The van der Waals surface area contributed by atoms with Gasteiger partial charge in [-0.3, -0.25) is 19.5 Å². The summed E-state index contributed by atoms with van der Waals surface area (Å²) in [4.78, 5) is 33.7. The third-order valence-corrected chi connectivity index (χ3v) is 9.94. The Morgan fingerprint density at radius 2 is 1.74 bits per heavy atom. The van der Waals surface area contributed by atoms with Crippen molar-refractivity contribution >= 4 is 38.8 Å². The Morgan fingerprint density at radius 1 is 1.08 bits per heavy atom. The minimum absolute atomic E-state index is 0.0497. The van der Waals surface area contributed by atoms with Crippen molar-refractivity contribution in [3.05, 3.63) is 65.7 Å². The van der Waals surface area contributed by atoms with E-state index in [-0.39, 0.29) is 22.3 Å². The van der Waals surface area contributed by atoms with Crippen LogP contribution >= 0.6 is 11.8 Å². The van der Waals surface area contributed by atoms with Crippen LogP contribution < -0.4 is 5.32 Å². The summed E-state index contributed by atoms with van der Waals surface area (Å²) in [6.45, 7) is 12.4. The maximum atomic E-state index is 13.9. The summed E-state index contributed by atoms with van der Waals surface area (Å²) in [5.41, 5.74) is 0.753. The molecule has 1 saturated heterocycles. The first-order valence-corrected chi connectivity index (χ1v) is 15.3. The Bertz CT molecular complexity index is 1270. The quantitative estimate of drug-likeness (QED) is 0.467. The Labute approximate surface area is 230 Å². The van der Waals surface area contributed by atoms with E-state index in [4.69, 9.17) is 4.99 Å². The van der Waals surface area contributed by atoms with Crippen molar-refractivity contribution in [3.63, 3.8) is 0 Å². The molecule has 0 aliphatic carbocycles. The topological polar surface area (TPSA) is 99.2 Å². The van der Waals surface area contributed by atoms with Crippen molar-refractivity contribution < 1.29 is 18.0 Å². The molecular weight excluding hydrogens is 520 g/mol. The Kier molecular flexibility index (Phi) is 9.78. The molecule has 0 spiro atoms. The molecule has 2 amide bonds. The van der Waals surface area contributed by atoms with Gasteiger partial charge in [-0.05, 0) is 43.5 Å². The highest BCUT2D eigenvalue weighted by Crippen LogP contribution is 2.34. The van der Waals surface area contributed by atoms with Gasteiger partial charge in [0.15, 0.2) is 5.17 Å². The summed E-state index contributed by atoms with van der Waals surface area (Å²) >= 11 is 1.53. The monoisotopic (exact) mass is 558 g/mol. The number of thioether (sulfide) groups is 1. The number of benzene rings is 2. The number of hydrogen-bond donors (Lipinski definition) is 1. The molecule has 38 heavy (non-hydrogen) atoms. The number of aliphatic imine (C=N–C) groups is 1. The second-order valence-corrected chi connectivity index (χ2v) is 13.1. The minimum atomic E-state index is -3.72. The number of nitrogens with zero attached hydrogens (tertiary/aromatic N) is 3. The first-order valence-electron chi connectivity index (χ1n) is 12.9. The molecule has 2 aromatic carbocycles. The number of nitrogens with one attached hydrogen (secondary N) is 1. The van der Waals surface area contributed by atoms with Crippen LogP contribution in [0.15, 0.2) is 64.5 Å². The van der Waals surface area contributed by atoms with E-state index in [0.717, 1.165) is 5.56 Å². The molecule has 1 heterocycles. The summed E-state index contributed by atoms with van der Waals surface area (Å²) in [5, 5.41) is 3.51. The summed E-state index contributed by atoms with van der Waals surface area (Å²) < 4.78 is 27.3. The van der Waals surface area contributed by atoms with Gasteiger partial charge in [-0.15, -0.1) is 0 Å². The lowest BCUT2D eigenvalue weighted by Crippen LogP contribution is -2.56. The first-order chi connectivity index (χ1) is 17.9. The highest BCUT2D eigenvalue weighted by molar-refractivity contribution is 8.14. The summed E-state index contributed by atoms with van der Waals surface area (Å²) in [7, 11) is -3.72. The maximum absolute atomic E-state index is 13.9. The van der Waals surface area contributed by atoms with E-state index in [1.807, 2.05) is 58.0 Å². The van der Waals surface area contributed by atoms with Gasteiger partial charge < -0.3 is 5.32 Å². The molecule has 1 aliphatic heterocycles. The van der Waals surface area contributed by atoms with Gasteiger partial charge in [0.1, 0.15) is 6.04 Å². The van der Waals surface area contributed by atoms with Crippen molar-refractivity contribution in [3.8, 4) is 0 Å². The fourth-order valence-corrected chi connectivity index (χ4v) is 7.01. The van der Waals surface area contributed by atoms with E-state index in [1.165, 1.54) is 28.2 Å². The Morgan fingerprint density at radius 3 is 2.34 bits per heavy atom. The first kappa shape index (κ1) is 29.9. The van der Waals surface area contributed by atoms with Gasteiger partial charge in [-0.25, -0.2) is 8.42 Å².